The van der Waals surface area contributed by atoms with E-state index in [4.69, 9.17) is 0 Å². The van der Waals surface area contributed by atoms with Crippen molar-refractivity contribution in [3.8, 4) is 0 Å². The lowest BCUT2D eigenvalue weighted by Crippen LogP contribution is -2.38. The van der Waals surface area contributed by atoms with Crippen molar-refractivity contribution in [1.82, 2.24) is 9.80 Å². The van der Waals surface area contributed by atoms with Gasteiger partial charge in [-0.15, -0.1) is 0 Å². The van der Waals surface area contributed by atoms with Gasteiger partial charge in [-0.3, -0.25) is 0 Å². The molecular formula is C30H52N2. The molecule has 0 bridgehead atoms. The molecule has 1 heterocycles. The SMILES string of the molecule is CCCCCCCCCCCCCC1N(CCCCCCC)C=CN1Cc1ccccc1. The van der Waals surface area contributed by atoms with Crippen LogP contribution in [0.15, 0.2) is 42.7 Å². The second kappa shape index (κ2) is 18.0. The lowest BCUT2D eigenvalue weighted by Gasteiger charge is -2.33. The van der Waals surface area contributed by atoms with Crippen molar-refractivity contribution in [3.05, 3.63) is 48.3 Å². The number of unbranched alkanes of at least 4 members (excludes halogenated alkanes) is 14. The van der Waals surface area contributed by atoms with Crippen molar-refractivity contribution < 1.29 is 0 Å². The topological polar surface area (TPSA) is 6.48 Å². The van der Waals surface area contributed by atoms with Gasteiger partial charge in [0, 0.05) is 25.5 Å². The van der Waals surface area contributed by atoms with Crippen LogP contribution in [0, 0.1) is 0 Å². The highest BCUT2D eigenvalue weighted by Gasteiger charge is 2.25. The molecule has 0 saturated heterocycles. The molecule has 0 amide bonds. The maximum atomic E-state index is 2.63. The summed E-state index contributed by atoms with van der Waals surface area (Å²) in [6, 6.07) is 11.0. The summed E-state index contributed by atoms with van der Waals surface area (Å²) in [6.45, 7) is 6.85. The average molecular weight is 441 g/mol. The summed E-state index contributed by atoms with van der Waals surface area (Å²) in [5.41, 5.74) is 1.42. The van der Waals surface area contributed by atoms with Crippen molar-refractivity contribution in [1.29, 1.82) is 0 Å². The predicted octanol–water partition coefficient (Wildman–Crippen LogP) is 9.27. The first-order chi connectivity index (χ1) is 15.8. The normalized spacial score (nSPS) is 15.8. The van der Waals surface area contributed by atoms with Gasteiger partial charge in [0.25, 0.3) is 0 Å². The lowest BCUT2D eigenvalue weighted by molar-refractivity contribution is 0.132. The molecule has 1 aromatic rings. The van der Waals surface area contributed by atoms with E-state index in [0.717, 1.165) is 6.54 Å². The highest BCUT2D eigenvalue weighted by molar-refractivity contribution is 5.15. The monoisotopic (exact) mass is 440 g/mol. The molecule has 0 N–H and O–H groups in total. The Morgan fingerprint density at radius 1 is 0.562 bits per heavy atom. The summed E-state index contributed by atoms with van der Waals surface area (Å²) in [6.07, 6.45) is 29.0. The maximum absolute atomic E-state index is 2.63. The van der Waals surface area contributed by atoms with E-state index < -0.39 is 0 Å². The van der Waals surface area contributed by atoms with Crippen molar-refractivity contribution in [3.63, 3.8) is 0 Å². The Balaban J connectivity index is 1.66. The summed E-state index contributed by atoms with van der Waals surface area (Å²) in [5.74, 6) is 0. The summed E-state index contributed by atoms with van der Waals surface area (Å²) < 4.78 is 0. The minimum Gasteiger partial charge on any atom is -0.356 e. The number of benzene rings is 1. The average Bonchev–Trinajstić information content (AvgIpc) is 3.19. The number of rotatable bonds is 20. The fraction of sp³-hybridized carbons (Fsp3) is 0.733. The maximum Gasteiger partial charge on any atom is 0.101 e. The number of hydrogen-bond donors (Lipinski definition) is 0. The molecule has 0 radical (unpaired) electrons. The molecule has 2 nitrogen and oxygen atoms in total. The van der Waals surface area contributed by atoms with E-state index in [0.29, 0.717) is 6.17 Å². The van der Waals surface area contributed by atoms with Crippen LogP contribution in [-0.4, -0.2) is 22.5 Å². The standard InChI is InChI=1S/C30H52N2/c1-3-5-7-9-10-11-12-13-14-15-20-24-30-31(25-21-16-8-6-4-2)26-27-32(30)28-29-22-18-17-19-23-29/h17-19,22-23,26-27,30H,3-16,20-21,24-25,28H2,1-2H3. The molecule has 32 heavy (non-hydrogen) atoms. The molecule has 1 aliphatic heterocycles. The van der Waals surface area contributed by atoms with Gasteiger partial charge in [-0.25, -0.2) is 0 Å². The number of hydrogen-bond acceptors (Lipinski definition) is 2. The first kappa shape index (κ1) is 26.8. The molecule has 1 aromatic carbocycles. The second-order valence-electron chi connectivity index (χ2n) is 9.91. The van der Waals surface area contributed by atoms with Gasteiger partial charge in [0.1, 0.15) is 6.17 Å². The van der Waals surface area contributed by atoms with E-state index >= 15 is 0 Å². The molecule has 0 aliphatic carbocycles. The Morgan fingerprint density at radius 2 is 1.06 bits per heavy atom. The van der Waals surface area contributed by atoms with Crippen molar-refractivity contribution in [2.24, 2.45) is 0 Å². The molecule has 1 unspecified atom stereocenters. The second-order valence-corrected chi connectivity index (χ2v) is 9.91. The highest BCUT2D eigenvalue weighted by Crippen LogP contribution is 2.25. The van der Waals surface area contributed by atoms with Crippen molar-refractivity contribution >= 4 is 0 Å². The van der Waals surface area contributed by atoms with Crippen LogP contribution in [0.2, 0.25) is 0 Å². The Kier molecular flexibility index (Phi) is 15.1. The smallest absolute Gasteiger partial charge is 0.101 e. The third-order valence-corrected chi connectivity index (χ3v) is 7.01. The van der Waals surface area contributed by atoms with Crippen LogP contribution in [0.4, 0.5) is 0 Å². The van der Waals surface area contributed by atoms with Crippen LogP contribution < -0.4 is 0 Å². The van der Waals surface area contributed by atoms with Crippen LogP contribution in [0.3, 0.4) is 0 Å². The molecule has 1 atom stereocenters. The Bertz CT molecular complexity index is 567. The van der Waals surface area contributed by atoms with Gasteiger partial charge in [0.15, 0.2) is 0 Å². The van der Waals surface area contributed by atoms with Gasteiger partial charge in [0.05, 0.1) is 0 Å². The molecule has 2 rings (SSSR count). The largest absolute Gasteiger partial charge is 0.356 e. The molecule has 1 aliphatic rings. The fourth-order valence-corrected chi connectivity index (χ4v) is 4.96. The van der Waals surface area contributed by atoms with E-state index in [1.165, 1.54) is 121 Å². The zero-order valence-electron chi connectivity index (χ0n) is 21.4. The number of nitrogens with zero attached hydrogens (tertiary/aromatic N) is 2. The first-order valence-corrected chi connectivity index (χ1v) is 14.1. The molecule has 0 aromatic heterocycles. The minimum atomic E-state index is 0.556. The van der Waals surface area contributed by atoms with Crippen molar-refractivity contribution in [2.75, 3.05) is 6.54 Å². The quantitative estimate of drug-likeness (QED) is 0.186. The predicted molar refractivity (Wildman–Crippen MR) is 141 cm³/mol. The zero-order chi connectivity index (χ0) is 22.7. The zero-order valence-corrected chi connectivity index (χ0v) is 21.4. The van der Waals surface area contributed by atoms with E-state index in [-0.39, 0.29) is 0 Å². The van der Waals surface area contributed by atoms with Crippen LogP contribution in [0.1, 0.15) is 129 Å². The third kappa shape index (κ3) is 11.4. The first-order valence-electron chi connectivity index (χ1n) is 14.1. The van der Waals surface area contributed by atoms with Crippen LogP contribution >= 0.6 is 0 Å². The fourth-order valence-electron chi connectivity index (χ4n) is 4.96. The van der Waals surface area contributed by atoms with E-state index in [1.807, 2.05) is 0 Å². The highest BCUT2D eigenvalue weighted by atomic mass is 15.4. The summed E-state index contributed by atoms with van der Waals surface area (Å²) in [7, 11) is 0. The van der Waals surface area contributed by atoms with Gasteiger partial charge < -0.3 is 9.80 Å². The van der Waals surface area contributed by atoms with Crippen LogP contribution in [0.5, 0.6) is 0 Å². The molecular weight excluding hydrogens is 388 g/mol. The Hall–Kier alpha value is -1.44. The Labute approximate surface area is 200 Å². The van der Waals surface area contributed by atoms with Gasteiger partial charge >= 0.3 is 0 Å². The summed E-state index contributed by atoms with van der Waals surface area (Å²) in [5, 5.41) is 0. The third-order valence-electron chi connectivity index (χ3n) is 7.01. The van der Waals surface area contributed by atoms with Gasteiger partial charge in [-0.1, -0.05) is 134 Å². The van der Waals surface area contributed by atoms with E-state index in [2.05, 4.69) is 66.4 Å². The molecule has 0 fully saturated rings. The van der Waals surface area contributed by atoms with Crippen molar-refractivity contribution in [2.45, 2.75) is 136 Å². The molecule has 182 valence electrons. The van der Waals surface area contributed by atoms with Crippen LogP contribution in [0.25, 0.3) is 0 Å². The minimum absolute atomic E-state index is 0.556. The molecule has 0 spiro atoms. The lowest BCUT2D eigenvalue weighted by atomic mass is 10.0. The van der Waals surface area contributed by atoms with Crippen LogP contribution in [-0.2, 0) is 6.54 Å². The van der Waals surface area contributed by atoms with Gasteiger partial charge in [-0.2, -0.15) is 0 Å². The summed E-state index contributed by atoms with van der Waals surface area (Å²) >= 11 is 0. The Morgan fingerprint density at radius 3 is 1.66 bits per heavy atom. The van der Waals surface area contributed by atoms with Gasteiger partial charge in [0.2, 0.25) is 0 Å². The van der Waals surface area contributed by atoms with Gasteiger partial charge in [-0.05, 0) is 24.8 Å². The van der Waals surface area contributed by atoms with E-state index in [9.17, 15) is 0 Å². The molecule has 2 heteroatoms. The molecule has 0 saturated carbocycles. The summed E-state index contributed by atoms with van der Waals surface area (Å²) in [4.78, 5) is 5.21. The van der Waals surface area contributed by atoms with E-state index in [1.54, 1.807) is 0 Å².